The predicted octanol–water partition coefficient (Wildman–Crippen LogP) is 3.21. The second-order valence-electron chi connectivity index (χ2n) is 5.83. The van der Waals surface area contributed by atoms with Gasteiger partial charge in [0.1, 0.15) is 0 Å². The van der Waals surface area contributed by atoms with Crippen LogP contribution in [-0.2, 0) is 4.79 Å². The fourth-order valence-corrected chi connectivity index (χ4v) is 2.19. The number of amides is 1. The minimum atomic E-state index is -0.517. The number of hydrogen-bond acceptors (Lipinski definition) is 2. The summed E-state index contributed by atoms with van der Waals surface area (Å²) < 4.78 is 0. The molecule has 0 aliphatic rings. The Morgan fingerprint density at radius 3 is 2.15 bits per heavy atom. The van der Waals surface area contributed by atoms with Crippen LogP contribution >= 0.6 is 11.6 Å². The summed E-state index contributed by atoms with van der Waals surface area (Å²) in [6.07, 6.45) is -0.517. The van der Waals surface area contributed by atoms with Gasteiger partial charge in [-0.15, -0.1) is 0 Å². The average Bonchev–Trinajstić information content (AvgIpc) is 2.38. The Labute approximate surface area is 126 Å². The summed E-state index contributed by atoms with van der Waals surface area (Å²) in [4.78, 5) is 12.3. The first-order valence-electron chi connectivity index (χ1n) is 7.04. The van der Waals surface area contributed by atoms with E-state index in [-0.39, 0.29) is 30.2 Å². The van der Waals surface area contributed by atoms with Crippen molar-refractivity contribution in [2.45, 2.75) is 39.7 Å². The van der Waals surface area contributed by atoms with Crippen LogP contribution in [0.5, 0.6) is 0 Å². The SMILES string of the molecule is CC(C)C(O)CNC(=O)C(c1ccc(Cl)cc1)C(C)C. The van der Waals surface area contributed by atoms with E-state index in [0.29, 0.717) is 5.02 Å². The zero-order chi connectivity index (χ0) is 15.3. The summed E-state index contributed by atoms with van der Waals surface area (Å²) in [5.41, 5.74) is 0.945. The molecule has 0 spiro atoms. The highest BCUT2D eigenvalue weighted by atomic mass is 35.5. The van der Waals surface area contributed by atoms with E-state index < -0.39 is 6.10 Å². The molecule has 0 bridgehead atoms. The second kappa shape index (κ2) is 7.65. The van der Waals surface area contributed by atoms with Gasteiger partial charge >= 0.3 is 0 Å². The van der Waals surface area contributed by atoms with Gasteiger partial charge in [0.15, 0.2) is 0 Å². The third-order valence-electron chi connectivity index (χ3n) is 3.43. The number of hydrogen-bond donors (Lipinski definition) is 2. The molecule has 1 aromatic carbocycles. The topological polar surface area (TPSA) is 49.3 Å². The van der Waals surface area contributed by atoms with Gasteiger partial charge in [-0.25, -0.2) is 0 Å². The molecule has 0 saturated carbocycles. The van der Waals surface area contributed by atoms with Crippen molar-refractivity contribution in [3.63, 3.8) is 0 Å². The second-order valence-corrected chi connectivity index (χ2v) is 6.27. The molecule has 2 unspecified atom stereocenters. The molecule has 1 rings (SSSR count). The van der Waals surface area contributed by atoms with E-state index in [1.165, 1.54) is 0 Å². The summed E-state index contributed by atoms with van der Waals surface area (Å²) in [5, 5.41) is 13.3. The lowest BCUT2D eigenvalue weighted by molar-refractivity contribution is -0.124. The molecule has 0 saturated heterocycles. The van der Waals surface area contributed by atoms with Crippen LogP contribution in [0.3, 0.4) is 0 Å². The van der Waals surface area contributed by atoms with Gasteiger partial charge in [-0.1, -0.05) is 51.4 Å². The van der Waals surface area contributed by atoms with E-state index in [1.54, 1.807) is 12.1 Å². The Morgan fingerprint density at radius 1 is 1.15 bits per heavy atom. The monoisotopic (exact) mass is 297 g/mol. The third-order valence-corrected chi connectivity index (χ3v) is 3.69. The van der Waals surface area contributed by atoms with E-state index in [0.717, 1.165) is 5.56 Å². The molecular formula is C16H24ClNO2. The molecule has 0 fully saturated rings. The van der Waals surface area contributed by atoms with Crippen molar-refractivity contribution in [2.24, 2.45) is 11.8 Å². The first kappa shape index (κ1) is 17.0. The summed E-state index contributed by atoms with van der Waals surface area (Å²) in [7, 11) is 0. The number of carbonyl (C=O) groups excluding carboxylic acids is 1. The summed E-state index contributed by atoms with van der Waals surface area (Å²) in [6, 6.07) is 7.35. The van der Waals surface area contributed by atoms with Crippen LogP contribution < -0.4 is 5.32 Å². The maximum Gasteiger partial charge on any atom is 0.227 e. The van der Waals surface area contributed by atoms with Gasteiger partial charge in [0.25, 0.3) is 0 Å². The molecule has 112 valence electrons. The van der Waals surface area contributed by atoms with Crippen LogP contribution in [0, 0.1) is 11.8 Å². The summed E-state index contributed by atoms with van der Waals surface area (Å²) in [6.45, 7) is 8.16. The molecule has 0 heterocycles. The van der Waals surface area contributed by atoms with Crippen LogP contribution in [0.15, 0.2) is 24.3 Å². The number of nitrogens with one attached hydrogen (secondary N) is 1. The quantitative estimate of drug-likeness (QED) is 0.847. The number of benzene rings is 1. The lowest BCUT2D eigenvalue weighted by Gasteiger charge is -2.22. The highest BCUT2D eigenvalue weighted by Crippen LogP contribution is 2.26. The predicted molar refractivity (Wildman–Crippen MR) is 82.9 cm³/mol. The highest BCUT2D eigenvalue weighted by molar-refractivity contribution is 6.30. The average molecular weight is 298 g/mol. The largest absolute Gasteiger partial charge is 0.391 e. The van der Waals surface area contributed by atoms with Crippen molar-refractivity contribution in [1.29, 1.82) is 0 Å². The van der Waals surface area contributed by atoms with Crippen LogP contribution in [0.1, 0.15) is 39.2 Å². The van der Waals surface area contributed by atoms with Crippen molar-refractivity contribution < 1.29 is 9.90 Å². The van der Waals surface area contributed by atoms with E-state index >= 15 is 0 Å². The molecule has 0 aliphatic heterocycles. The molecule has 4 heteroatoms. The van der Waals surface area contributed by atoms with E-state index in [9.17, 15) is 9.90 Å². The fraction of sp³-hybridized carbons (Fsp3) is 0.562. The minimum Gasteiger partial charge on any atom is -0.391 e. The summed E-state index contributed by atoms with van der Waals surface area (Å²) in [5.74, 6) is 0.0179. The molecule has 1 aromatic rings. The normalized spacial score (nSPS) is 14.4. The maximum absolute atomic E-state index is 12.3. The molecule has 0 radical (unpaired) electrons. The van der Waals surface area contributed by atoms with E-state index in [1.807, 2.05) is 39.8 Å². The van der Waals surface area contributed by atoms with Gasteiger partial charge in [-0.3, -0.25) is 4.79 Å². The highest BCUT2D eigenvalue weighted by Gasteiger charge is 2.24. The molecule has 0 aliphatic carbocycles. The van der Waals surface area contributed by atoms with Gasteiger partial charge in [0, 0.05) is 11.6 Å². The van der Waals surface area contributed by atoms with E-state index in [2.05, 4.69) is 5.32 Å². The van der Waals surface area contributed by atoms with Crippen LogP contribution in [-0.4, -0.2) is 23.7 Å². The Kier molecular flexibility index (Phi) is 6.50. The minimum absolute atomic E-state index is 0.0537. The Morgan fingerprint density at radius 2 is 1.70 bits per heavy atom. The zero-order valence-electron chi connectivity index (χ0n) is 12.6. The number of rotatable bonds is 6. The van der Waals surface area contributed by atoms with Gasteiger partial charge in [0.2, 0.25) is 5.91 Å². The van der Waals surface area contributed by atoms with E-state index in [4.69, 9.17) is 11.6 Å². The number of halogens is 1. The van der Waals surface area contributed by atoms with Crippen LogP contribution in [0.2, 0.25) is 5.02 Å². The van der Waals surface area contributed by atoms with Gasteiger partial charge in [-0.2, -0.15) is 0 Å². The molecule has 1 amide bonds. The van der Waals surface area contributed by atoms with Gasteiger partial charge in [-0.05, 0) is 29.5 Å². The lowest BCUT2D eigenvalue weighted by atomic mass is 9.87. The maximum atomic E-state index is 12.3. The number of carbonyl (C=O) groups is 1. The zero-order valence-corrected chi connectivity index (χ0v) is 13.3. The number of aliphatic hydroxyl groups is 1. The molecule has 2 atom stereocenters. The first-order valence-corrected chi connectivity index (χ1v) is 7.42. The molecule has 20 heavy (non-hydrogen) atoms. The Balaban J connectivity index is 2.76. The summed E-state index contributed by atoms with van der Waals surface area (Å²) >= 11 is 5.88. The van der Waals surface area contributed by atoms with Gasteiger partial charge < -0.3 is 10.4 Å². The molecule has 3 nitrogen and oxygen atoms in total. The fourth-order valence-electron chi connectivity index (χ4n) is 2.06. The van der Waals surface area contributed by atoms with Crippen molar-refractivity contribution in [1.82, 2.24) is 5.32 Å². The Bertz CT molecular complexity index is 429. The molecule has 0 aromatic heterocycles. The van der Waals surface area contributed by atoms with Crippen molar-refractivity contribution in [2.75, 3.05) is 6.54 Å². The van der Waals surface area contributed by atoms with Crippen molar-refractivity contribution in [3.8, 4) is 0 Å². The smallest absolute Gasteiger partial charge is 0.227 e. The van der Waals surface area contributed by atoms with Crippen LogP contribution in [0.4, 0.5) is 0 Å². The van der Waals surface area contributed by atoms with Crippen LogP contribution in [0.25, 0.3) is 0 Å². The first-order chi connectivity index (χ1) is 9.32. The molecule has 2 N–H and O–H groups in total. The van der Waals surface area contributed by atoms with Crippen molar-refractivity contribution in [3.05, 3.63) is 34.9 Å². The number of aliphatic hydroxyl groups excluding tert-OH is 1. The lowest BCUT2D eigenvalue weighted by Crippen LogP contribution is -2.38. The van der Waals surface area contributed by atoms with Crippen molar-refractivity contribution >= 4 is 17.5 Å². The standard InChI is InChI=1S/C16H24ClNO2/c1-10(2)14(19)9-18-16(20)15(11(3)4)12-5-7-13(17)8-6-12/h5-8,10-11,14-15,19H,9H2,1-4H3,(H,18,20). The molecular weight excluding hydrogens is 274 g/mol. The third kappa shape index (κ3) is 4.80. The Hall–Kier alpha value is -1.06. The van der Waals surface area contributed by atoms with Gasteiger partial charge in [0.05, 0.1) is 12.0 Å².